The second-order valence-electron chi connectivity index (χ2n) is 3.65. The molecule has 1 aromatic carbocycles. The summed E-state index contributed by atoms with van der Waals surface area (Å²) in [5, 5.41) is 12.8. The van der Waals surface area contributed by atoms with Crippen molar-refractivity contribution in [3.05, 3.63) is 46.3 Å². The first-order valence-corrected chi connectivity index (χ1v) is 6.30. The van der Waals surface area contributed by atoms with Gasteiger partial charge in [-0.25, -0.2) is 0 Å². The summed E-state index contributed by atoms with van der Waals surface area (Å²) < 4.78 is 0. The molecule has 82 valence electrons. The molecule has 1 N–H and O–H groups in total. The number of nitrogens with zero attached hydrogens (tertiary/aromatic N) is 1. The van der Waals surface area contributed by atoms with Crippen molar-refractivity contribution in [2.24, 2.45) is 0 Å². The molecule has 2 heterocycles. The van der Waals surface area contributed by atoms with Gasteiger partial charge >= 0.3 is 0 Å². The normalized spacial score (nSPS) is 10.6. The van der Waals surface area contributed by atoms with Gasteiger partial charge in [-0.3, -0.25) is 0 Å². The molecule has 0 radical (unpaired) electrons. The molecular weight excluding hydrogens is 252 g/mol. The maximum atomic E-state index is 9.29. The van der Waals surface area contributed by atoms with Crippen molar-refractivity contribution >= 4 is 33.8 Å². The van der Waals surface area contributed by atoms with Gasteiger partial charge in [-0.15, -0.1) is 11.3 Å². The maximum absolute atomic E-state index is 9.29. The lowest BCUT2D eigenvalue weighted by Crippen LogP contribution is -1.76. The second-order valence-corrected chi connectivity index (χ2v) is 5.04. The molecule has 0 spiro atoms. The summed E-state index contributed by atoms with van der Waals surface area (Å²) in [5.74, 6) is 0. The van der Waals surface area contributed by atoms with Crippen LogP contribution in [0.1, 0.15) is 5.56 Å². The molecule has 0 amide bonds. The minimum atomic E-state index is 0.644. The topological polar surface area (TPSA) is 39.6 Å². The van der Waals surface area contributed by atoms with Crippen molar-refractivity contribution in [1.82, 2.24) is 4.98 Å². The molecule has 0 aliphatic heterocycles. The van der Waals surface area contributed by atoms with Crippen LogP contribution in [0.4, 0.5) is 0 Å². The smallest absolute Gasteiger partial charge is 0.102 e. The Morgan fingerprint density at radius 1 is 1.29 bits per heavy atom. The summed E-state index contributed by atoms with van der Waals surface area (Å²) >= 11 is 7.57. The molecule has 0 bridgehead atoms. The van der Waals surface area contributed by atoms with Crippen molar-refractivity contribution < 1.29 is 0 Å². The van der Waals surface area contributed by atoms with Crippen molar-refractivity contribution in [1.29, 1.82) is 5.26 Å². The van der Waals surface area contributed by atoms with E-state index in [4.69, 9.17) is 11.6 Å². The van der Waals surface area contributed by atoms with Gasteiger partial charge in [-0.1, -0.05) is 17.7 Å². The third-order valence-electron chi connectivity index (χ3n) is 2.64. The van der Waals surface area contributed by atoms with Crippen LogP contribution >= 0.6 is 22.9 Å². The lowest BCUT2D eigenvalue weighted by atomic mass is 10.1. The highest BCUT2D eigenvalue weighted by molar-refractivity contribution is 7.13. The fourth-order valence-electron chi connectivity index (χ4n) is 1.89. The Labute approximate surface area is 107 Å². The number of halogens is 1. The summed E-state index contributed by atoms with van der Waals surface area (Å²) in [6, 6.07) is 11.8. The van der Waals surface area contributed by atoms with E-state index < -0.39 is 0 Å². The second kappa shape index (κ2) is 3.92. The number of aromatic amines is 1. The Balaban J connectivity index is 2.37. The number of fused-ring (bicyclic) bond motifs is 1. The third-order valence-corrected chi connectivity index (χ3v) is 3.76. The van der Waals surface area contributed by atoms with Crippen LogP contribution in [0.15, 0.2) is 35.7 Å². The van der Waals surface area contributed by atoms with E-state index in [2.05, 4.69) is 11.1 Å². The molecule has 0 atom stereocenters. The molecule has 0 saturated carbocycles. The summed E-state index contributed by atoms with van der Waals surface area (Å²) in [5.41, 5.74) is 2.47. The highest BCUT2D eigenvalue weighted by Gasteiger charge is 2.13. The van der Waals surface area contributed by atoms with Crippen LogP contribution in [0.2, 0.25) is 5.02 Å². The van der Waals surface area contributed by atoms with Crippen molar-refractivity contribution in [3.8, 4) is 16.6 Å². The van der Waals surface area contributed by atoms with Crippen LogP contribution in [0.3, 0.4) is 0 Å². The molecule has 0 fully saturated rings. The minimum absolute atomic E-state index is 0.644. The zero-order valence-corrected chi connectivity index (χ0v) is 10.3. The first-order valence-electron chi connectivity index (χ1n) is 5.05. The van der Waals surface area contributed by atoms with Gasteiger partial charge in [-0.05, 0) is 29.6 Å². The summed E-state index contributed by atoms with van der Waals surface area (Å²) in [4.78, 5) is 4.34. The van der Waals surface area contributed by atoms with E-state index in [0.717, 1.165) is 21.5 Å². The minimum Gasteiger partial charge on any atom is -0.353 e. The van der Waals surface area contributed by atoms with Gasteiger partial charge in [0.15, 0.2) is 0 Å². The van der Waals surface area contributed by atoms with Gasteiger partial charge in [0, 0.05) is 15.9 Å². The summed E-state index contributed by atoms with van der Waals surface area (Å²) in [6.07, 6.45) is 0. The zero-order chi connectivity index (χ0) is 11.8. The SMILES string of the molecule is N#Cc1c(-c2cccs2)[nH]c2ccc(Cl)cc12. The Bertz CT molecular complexity index is 720. The van der Waals surface area contributed by atoms with Crippen molar-refractivity contribution in [2.75, 3.05) is 0 Å². The molecule has 3 aromatic rings. The number of benzene rings is 1. The molecule has 2 aromatic heterocycles. The van der Waals surface area contributed by atoms with Gasteiger partial charge in [0.05, 0.1) is 16.1 Å². The summed E-state index contributed by atoms with van der Waals surface area (Å²) in [6.45, 7) is 0. The van der Waals surface area contributed by atoms with Crippen molar-refractivity contribution in [3.63, 3.8) is 0 Å². The van der Waals surface area contributed by atoms with Crippen LogP contribution in [-0.4, -0.2) is 4.98 Å². The number of hydrogen-bond acceptors (Lipinski definition) is 2. The highest BCUT2D eigenvalue weighted by atomic mass is 35.5. The first-order chi connectivity index (χ1) is 8.29. The maximum Gasteiger partial charge on any atom is 0.102 e. The Morgan fingerprint density at radius 3 is 2.88 bits per heavy atom. The molecule has 0 aliphatic rings. The third kappa shape index (κ3) is 1.62. The van der Waals surface area contributed by atoms with E-state index in [1.54, 1.807) is 11.3 Å². The number of rotatable bonds is 1. The fraction of sp³-hybridized carbons (Fsp3) is 0. The lowest BCUT2D eigenvalue weighted by molar-refractivity contribution is 1.45. The highest BCUT2D eigenvalue weighted by Crippen LogP contribution is 2.33. The molecule has 0 aliphatic carbocycles. The number of thiophene rings is 1. The zero-order valence-electron chi connectivity index (χ0n) is 8.70. The molecule has 0 unspecified atom stereocenters. The summed E-state index contributed by atoms with van der Waals surface area (Å²) in [7, 11) is 0. The average molecular weight is 259 g/mol. The van der Waals surface area contributed by atoms with E-state index in [0.29, 0.717) is 10.6 Å². The van der Waals surface area contributed by atoms with E-state index in [9.17, 15) is 5.26 Å². The number of H-pyrrole nitrogens is 1. The molecule has 4 heteroatoms. The number of nitrogens with one attached hydrogen (secondary N) is 1. The quantitative estimate of drug-likeness (QED) is 0.689. The van der Waals surface area contributed by atoms with Gasteiger partial charge in [0.25, 0.3) is 0 Å². The number of aromatic nitrogens is 1. The standard InChI is InChI=1S/C13H7ClN2S/c14-8-3-4-11-9(6-8)10(7-15)13(16-11)12-2-1-5-17-12/h1-6,16H. The fourth-order valence-corrected chi connectivity index (χ4v) is 2.79. The lowest BCUT2D eigenvalue weighted by Gasteiger charge is -1.92. The molecular formula is C13H7ClN2S. The predicted molar refractivity (Wildman–Crippen MR) is 71.3 cm³/mol. The van der Waals surface area contributed by atoms with E-state index in [-0.39, 0.29) is 0 Å². The Kier molecular flexibility index (Phi) is 2.40. The van der Waals surface area contributed by atoms with Gasteiger partial charge in [0.1, 0.15) is 6.07 Å². The van der Waals surface area contributed by atoms with Gasteiger partial charge < -0.3 is 4.98 Å². The van der Waals surface area contributed by atoms with E-state index in [1.165, 1.54) is 0 Å². The molecule has 3 rings (SSSR count). The molecule has 0 saturated heterocycles. The van der Waals surface area contributed by atoms with Gasteiger partial charge in [-0.2, -0.15) is 5.26 Å². The largest absolute Gasteiger partial charge is 0.353 e. The number of hydrogen-bond donors (Lipinski definition) is 1. The molecule has 2 nitrogen and oxygen atoms in total. The van der Waals surface area contributed by atoms with Crippen LogP contribution in [-0.2, 0) is 0 Å². The van der Waals surface area contributed by atoms with E-state index >= 15 is 0 Å². The monoisotopic (exact) mass is 258 g/mol. The Hall–Kier alpha value is -1.76. The Morgan fingerprint density at radius 2 is 2.18 bits per heavy atom. The predicted octanol–water partition coefficient (Wildman–Crippen LogP) is 4.42. The van der Waals surface area contributed by atoms with Crippen LogP contribution in [0, 0.1) is 11.3 Å². The first kappa shape index (κ1) is 10.4. The van der Waals surface area contributed by atoms with Crippen molar-refractivity contribution in [2.45, 2.75) is 0 Å². The average Bonchev–Trinajstić information content (AvgIpc) is 2.94. The van der Waals surface area contributed by atoms with Crippen LogP contribution in [0.25, 0.3) is 21.5 Å². The van der Waals surface area contributed by atoms with Crippen LogP contribution in [0.5, 0.6) is 0 Å². The number of nitriles is 1. The van der Waals surface area contributed by atoms with E-state index in [1.807, 2.05) is 35.7 Å². The molecule has 17 heavy (non-hydrogen) atoms. The van der Waals surface area contributed by atoms with Gasteiger partial charge in [0.2, 0.25) is 0 Å². The van der Waals surface area contributed by atoms with Crippen LogP contribution < -0.4 is 0 Å².